The summed E-state index contributed by atoms with van der Waals surface area (Å²) in [5.41, 5.74) is 0.192. The molecule has 0 aromatic carbocycles. The Balaban J connectivity index is 1.99. The molecule has 2 aliphatic heterocycles. The number of unbranched alkanes of at least 4 members (excludes halogenated alkanes) is 10. The largest absolute Gasteiger partial charge is 0.461 e. The van der Waals surface area contributed by atoms with Crippen LogP contribution in [0.1, 0.15) is 170 Å². The summed E-state index contributed by atoms with van der Waals surface area (Å²) >= 11 is 0. The van der Waals surface area contributed by atoms with E-state index in [2.05, 4.69) is 26.0 Å². The van der Waals surface area contributed by atoms with Crippen LogP contribution in [0.3, 0.4) is 0 Å². The monoisotopic (exact) mass is 761 g/mol. The summed E-state index contributed by atoms with van der Waals surface area (Å²) in [5, 5.41) is 20.2. The summed E-state index contributed by atoms with van der Waals surface area (Å²) in [6.07, 6.45) is 21.8. The minimum Gasteiger partial charge on any atom is -0.461 e. The van der Waals surface area contributed by atoms with Crippen molar-refractivity contribution in [3.05, 3.63) is 34.4 Å². The van der Waals surface area contributed by atoms with Gasteiger partial charge < -0.3 is 29.2 Å². The Morgan fingerprint density at radius 1 is 0.611 bits per heavy atom. The third-order valence-corrected chi connectivity index (χ3v) is 10.9. The van der Waals surface area contributed by atoms with E-state index in [1.807, 2.05) is 27.7 Å². The van der Waals surface area contributed by atoms with Gasteiger partial charge >= 0.3 is 23.9 Å². The third kappa shape index (κ3) is 16.0. The first kappa shape index (κ1) is 47.2. The highest BCUT2D eigenvalue weighted by Gasteiger charge is 2.46. The quantitative estimate of drug-likeness (QED) is 0.0261. The zero-order chi connectivity index (χ0) is 40.0. The molecular formula is C44H72O10. The highest BCUT2D eigenvalue weighted by Crippen LogP contribution is 2.35. The molecular weight excluding hydrogens is 688 g/mol. The van der Waals surface area contributed by atoms with Gasteiger partial charge in [0.1, 0.15) is 13.2 Å². The van der Waals surface area contributed by atoms with E-state index in [4.69, 9.17) is 18.9 Å². The molecule has 0 aromatic heterocycles. The van der Waals surface area contributed by atoms with Gasteiger partial charge in [-0.15, -0.1) is 0 Å². The van der Waals surface area contributed by atoms with Gasteiger partial charge in [0.2, 0.25) is 0 Å². The molecule has 308 valence electrons. The number of rotatable bonds is 28. The maximum Gasteiger partial charge on any atom is 0.334 e. The molecule has 0 amide bonds. The Bertz CT molecular complexity index is 1180. The molecule has 0 radical (unpaired) electrons. The lowest BCUT2D eigenvalue weighted by atomic mass is 9.94. The minimum absolute atomic E-state index is 0.179. The van der Waals surface area contributed by atoms with Crippen molar-refractivity contribution >= 4 is 23.9 Å². The van der Waals surface area contributed by atoms with Gasteiger partial charge in [-0.05, 0) is 66.2 Å². The molecule has 4 unspecified atom stereocenters. The lowest BCUT2D eigenvalue weighted by Crippen LogP contribution is -2.40. The maximum atomic E-state index is 13.4. The smallest absolute Gasteiger partial charge is 0.334 e. The van der Waals surface area contributed by atoms with Crippen molar-refractivity contribution in [2.45, 2.75) is 181 Å². The average Bonchev–Trinajstić information content (AvgIpc) is 3.68. The van der Waals surface area contributed by atoms with Crippen LogP contribution in [0.15, 0.2) is 34.4 Å². The Morgan fingerprint density at radius 2 is 0.963 bits per heavy atom. The van der Waals surface area contributed by atoms with E-state index in [1.165, 1.54) is 38.5 Å². The molecule has 2 N–H and O–H groups in total. The summed E-state index contributed by atoms with van der Waals surface area (Å²) in [7, 11) is 0. The van der Waals surface area contributed by atoms with Gasteiger partial charge in [0.05, 0.1) is 25.0 Å². The number of cyclic esters (lactones) is 2. The van der Waals surface area contributed by atoms with Crippen molar-refractivity contribution in [3.63, 3.8) is 0 Å². The molecule has 0 spiro atoms. The highest BCUT2D eigenvalue weighted by atomic mass is 16.6. The Morgan fingerprint density at radius 3 is 1.28 bits per heavy atom. The second-order valence-corrected chi connectivity index (χ2v) is 16.1. The molecule has 2 saturated heterocycles. The number of carbonyl (C=O) groups is 4. The van der Waals surface area contributed by atoms with Crippen LogP contribution in [0.2, 0.25) is 0 Å². The SMILES string of the molecule is CCCCCCCCC(CC/C=C/CCC(CCCCCCCC)C(=O)OCC1(CO)CC(=C(C)C)C(=O)O1)C(=O)OCC1(CO)CC(=C(C)C)C(=O)O1. The van der Waals surface area contributed by atoms with Gasteiger partial charge in [-0.3, -0.25) is 9.59 Å². The number of esters is 4. The second kappa shape index (κ2) is 25.2. The lowest BCUT2D eigenvalue weighted by molar-refractivity contribution is -0.169. The van der Waals surface area contributed by atoms with Crippen molar-refractivity contribution in [3.8, 4) is 0 Å². The van der Waals surface area contributed by atoms with Crippen LogP contribution in [0.5, 0.6) is 0 Å². The molecule has 0 aliphatic carbocycles. The molecule has 2 rings (SSSR count). The van der Waals surface area contributed by atoms with E-state index >= 15 is 0 Å². The highest BCUT2D eigenvalue weighted by molar-refractivity contribution is 5.92. The van der Waals surface area contributed by atoms with Crippen molar-refractivity contribution < 1.29 is 48.3 Å². The van der Waals surface area contributed by atoms with Crippen LogP contribution >= 0.6 is 0 Å². The number of hydrogen-bond donors (Lipinski definition) is 2. The van der Waals surface area contributed by atoms with Gasteiger partial charge in [0.25, 0.3) is 0 Å². The number of carbonyl (C=O) groups excluding carboxylic acids is 4. The first-order chi connectivity index (χ1) is 25.9. The van der Waals surface area contributed by atoms with Crippen LogP contribution in [0, 0.1) is 11.8 Å². The Kier molecular flexibility index (Phi) is 22.0. The van der Waals surface area contributed by atoms with Gasteiger partial charge in [-0.2, -0.15) is 0 Å². The van der Waals surface area contributed by atoms with Crippen LogP contribution in [0.25, 0.3) is 0 Å². The van der Waals surface area contributed by atoms with Crippen molar-refractivity contribution in [1.82, 2.24) is 0 Å². The molecule has 10 heteroatoms. The molecule has 54 heavy (non-hydrogen) atoms. The fourth-order valence-corrected chi connectivity index (χ4v) is 7.14. The number of hydrogen-bond acceptors (Lipinski definition) is 10. The minimum atomic E-state index is -1.24. The maximum absolute atomic E-state index is 13.4. The molecule has 2 fully saturated rings. The first-order valence-electron chi connectivity index (χ1n) is 20.9. The van der Waals surface area contributed by atoms with Gasteiger partial charge in [-0.1, -0.05) is 114 Å². The van der Waals surface area contributed by atoms with Crippen molar-refractivity contribution in [2.75, 3.05) is 26.4 Å². The topological polar surface area (TPSA) is 146 Å². The third-order valence-electron chi connectivity index (χ3n) is 10.9. The Hall–Kier alpha value is -2.98. The molecule has 0 aromatic rings. The standard InChI is InChI=1S/C44H72O10/c1-7-9-11-13-15-19-23-35(39(47)51-31-43(29-45)27-37(33(3)4)41(49)53-43)25-21-17-18-22-26-36(24-20-16-14-12-10-8-2)40(48)52-32-44(30-46)28-38(34(5)6)42(50)54-44/h17-18,35-36,45-46H,7-16,19-32H2,1-6H3/b18-17+. The van der Waals surface area contributed by atoms with Gasteiger partial charge in [-0.25, -0.2) is 9.59 Å². The van der Waals surface area contributed by atoms with Crippen LogP contribution < -0.4 is 0 Å². The van der Waals surface area contributed by atoms with Gasteiger partial charge in [0.15, 0.2) is 11.2 Å². The second-order valence-electron chi connectivity index (χ2n) is 16.1. The van der Waals surface area contributed by atoms with Crippen LogP contribution in [-0.2, 0) is 38.1 Å². The average molecular weight is 761 g/mol. The van der Waals surface area contributed by atoms with Crippen molar-refractivity contribution in [2.24, 2.45) is 11.8 Å². The lowest BCUT2D eigenvalue weighted by Gasteiger charge is -2.25. The number of aliphatic hydroxyl groups excluding tert-OH is 2. The van der Waals surface area contributed by atoms with Crippen molar-refractivity contribution in [1.29, 1.82) is 0 Å². The molecule has 0 bridgehead atoms. The van der Waals surface area contributed by atoms with Gasteiger partial charge in [0, 0.05) is 24.0 Å². The summed E-state index contributed by atoms with van der Waals surface area (Å²) in [6.45, 7) is 10.5. The first-order valence-corrected chi connectivity index (χ1v) is 20.9. The number of allylic oxidation sites excluding steroid dienone is 4. The zero-order valence-electron chi connectivity index (χ0n) is 34.4. The van der Waals surface area contributed by atoms with E-state index in [0.29, 0.717) is 49.7 Å². The summed E-state index contributed by atoms with van der Waals surface area (Å²) < 4.78 is 22.5. The van der Waals surface area contributed by atoms with E-state index in [9.17, 15) is 29.4 Å². The van der Waals surface area contributed by atoms with E-state index in [-0.39, 0.29) is 49.8 Å². The molecule has 10 nitrogen and oxygen atoms in total. The molecule has 2 aliphatic rings. The number of ether oxygens (including phenoxy) is 4. The van der Waals surface area contributed by atoms with E-state index in [0.717, 1.165) is 49.7 Å². The zero-order valence-corrected chi connectivity index (χ0v) is 34.4. The molecule has 0 saturated carbocycles. The summed E-state index contributed by atoms with van der Waals surface area (Å²) in [5.74, 6) is -2.24. The number of aliphatic hydroxyl groups is 2. The normalized spacial score (nSPS) is 21.0. The summed E-state index contributed by atoms with van der Waals surface area (Å²) in [4.78, 5) is 51.5. The van der Waals surface area contributed by atoms with Crippen LogP contribution in [-0.4, -0.2) is 71.7 Å². The van der Waals surface area contributed by atoms with E-state index in [1.54, 1.807) is 0 Å². The van der Waals surface area contributed by atoms with E-state index < -0.39 is 36.4 Å². The fraction of sp³-hybridized carbons (Fsp3) is 0.773. The molecule has 4 atom stereocenters. The summed E-state index contributed by atoms with van der Waals surface area (Å²) in [6, 6.07) is 0. The predicted octanol–water partition coefficient (Wildman–Crippen LogP) is 8.95. The Labute approximate surface area is 325 Å². The fourth-order valence-electron chi connectivity index (χ4n) is 7.14. The van der Waals surface area contributed by atoms with Crippen LogP contribution in [0.4, 0.5) is 0 Å². The molecule has 2 heterocycles. The predicted molar refractivity (Wildman–Crippen MR) is 210 cm³/mol.